The Balaban J connectivity index is 1.65. The van der Waals surface area contributed by atoms with Gasteiger partial charge in [-0.25, -0.2) is 10.3 Å². The molecule has 0 aromatic heterocycles. The monoisotopic (exact) mass is 264 g/mol. The molecule has 2 amide bonds. The minimum Gasteiger partial charge on any atom is -0.391 e. The van der Waals surface area contributed by atoms with Gasteiger partial charge in [0.25, 0.3) is 0 Å². The van der Waals surface area contributed by atoms with Crippen LogP contribution in [-0.2, 0) is 11.4 Å². The second-order valence-electron chi connectivity index (χ2n) is 4.97. The van der Waals surface area contributed by atoms with Gasteiger partial charge in [-0.2, -0.15) is 0 Å². The standard InChI is InChI=1S/C14H20N2O3/c1-16(9-13(17)12-7-8-12)14(18)15-19-10-11-5-3-2-4-6-11/h2-6,12-13,17H,7-10H2,1H3,(H,15,18). The first-order valence-corrected chi connectivity index (χ1v) is 6.51. The number of rotatable bonds is 6. The van der Waals surface area contributed by atoms with Crippen molar-refractivity contribution < 1.29 is 14.7 Å². The Morgan fingerprint density at radius 3 is 2.79 bits per heavy atom. The van der Waals surface area contributed by atoms with Gasteiger partial charge in [-0.3, -0.25) is 4.84 Å². The molecule has 1 atom stereocenters. The number of nitrogens with zero attached hydrogens (tertiary/aromatic N) is 1. The van der Waals surface area contributed by atoms with Crippen LogP contribution in [0.5, 0.6) is 0 Å². The number of likely N-dealkylation sites (N-methyl/N-ethyl adjacent to an activating group) is 1. The van der Waals surface area contributed by atoms with Gasteiger partial charge in [-0.1, -0.05) is 30.3 Å². The van der Waals surface area contributed by atoms with Crippen molar-refractivity contribution >= 4 is 6.03 Å². The van der Waals surface area contributed by atoms with Gasteiger partial charge in [0, 0.05) is 13.6 Å². The smallest absolute Gasteiger partial charge is 0.341 e. The fourth-order valence-electron chi connectivity index (χ4n) is 1.83. The van der Waals surface area contributed by atoms with Crippen LogP contribution in [0.2, 0.25) is 0 Å². The second-order valence-corrected chi connectivity index (χ2v) is 4.97. The summed E-state index contributed by atoms with van der Waals surface area (Å²) in [5, 5.41) is 9.75. The molecular formula is C14H20N2O3. The molecule has 1 fully saturated rings. The molecule has 0 heterocycles. The molecule has 0 radical (unpaired) electrons. The Bertz CT molecular complexity index is 406. The van der Waals surface area contributed by atoms with Crippen LogP contribution >= 0.6 is 0 Å². The van der Waals surface area contributed by atoms with Gasteiger partial charge in [0.15, 0.2) is 0 Å². The van der Waals surface area contributed by atoms with E-state index < -0.39 is 6.10 Å². The minimum absolute atomic E-state index is 0.325. The average Bonchev–Trinajstić information content (AvgIpc) is 3.24. The van der Waals surface area contributed by atoms with E-state index in [0.717, 1.165) is 18.4 Å². The molecule has 1 aromatic carbocycles. The normalized spacial score (nSPS) is 15.9. The van der Waals surface area contributed by atoms with Crippen LogP contribution in [0.3, 0.4) is 0 Å². The summed E-state index contributed by atoms with van der Waals surface area (Å²) in [5.74, 6) is 0.362. The molecule has 1 aliphatic rings. The first-order valence-electron chi connectivity index (χ1n) is 6.51. The molecule has 0 bridgehead atoms. The Kier molecular flexibility index (Phi) is 4.76. The molecule has 2 N–H and O–H groups in total. The molecule has 1 saturated carbocycles. The molecular weight excluding hydrogens is 244 g/mol. The lowest BCUT2D eigenvalue weighted by Gasteiger charge is -2.20. The van der Waals surface area contributed by atoms with Crippen molar-refractivity contribution in [3.05, 3.63) is 35.9 Å². The number of hydrogen-bond acceptors (Lipinski definition) is 3. The Hall–Kier alpha value is -1.59. The van der Waals surface area contributed by atoms with Crippen LogP contribution in [0.15, 0.2) is 30.3 Å². The van der Waals surface area contributed by atoms with Crippen LogP contribution in [0, 0.1) is 5.92 Å². The van der Waals surface area contributed by atoms with E-state index in [1.54, 1.807) is 7.05 Å². The Labute approximate surface area is 113 Å². The number of amides is 2. The van der Waals surface area contributed by atoms with Gasteiger partial charge in [0.05, 0.1) is 12.7 Å². The summed E-state index contributed by atoms with van der Waals surface area (Å²) in [6.07, 6.45) is 1.69. The summed E-state index contributed by atoms with van der Waals surface area (Å²) in [6.45, 7) is 0.663. The van der Waals surface area contributed by atoms with Crippen molar-refractivity contribution in [3.8, 4) is 0 Å². The summed E-state index contributed by atoms with van der Waals surface area (Å²) in [5.41, 5.74) is 3.36. The number of carbonyl (C=O) groups excluding carboxylic acids is 1. The molecule has 1 unspecified atom stereocenters. The topological polar surface area (TPSA) is 61.8 Å². The summed E-state index contributed by atoms with van der Waals surface area (Å²) in [4.78, 5) is 18.3. The zero-order chi connectivity index (χ0) is 13.7. The third-order valence-electron chi connectivity index (χ3n) is 3.21. The summed E-state index contributed by atoms with van der Waals surface area (Å²) < 4.78 is 0. The maximum absolute atomic E-state index is 11.7. The number of aliphatic hydroxyl groups excluding tert-OH is 1. The van der Waals surface area contributed by atoms with E-state index in [0.29, 0.717) is 19.1 Å². The lowest BCUT2D eigenvalue weighted by atomic mass is 10.2. The van der Waals surface area contributed by atoms with Crippen LogP contribution in [0.25, 0.3) is 0 Å². The highest BCUT2D eigenvalue weighted by Crippen LogP contribution is 2.32. The zero-order valence-electron chi connectivity index (χ0n) is 11.1. The molecule has 1 aliphatic carbocycles. The van der Waals surface area contributed by atoms with Gasteiger partial charge < -0.3 is 10.0 Å². The Morgan fingerprint density at radius 2 is 2.16 bits per heavy atom. The van der Waals surface area contributed by atoms with Crippen molar-refractivity contribution in [1.82, 2.24) is 10.4 Å². The average molecular weight is 264 g/mol. The number of carbonyl (C=O) groups is 1. The molecule has 104 valence electrons. The zero-order valence-corrected chi connectivity index (χ0v) is 11.1. The van der Waals surface area contributed by atoms with Crippen LogP contribution in [0.4, 0.5) is 4.79 Å². The number of hydroxylamine groups is 1. The van der Waals surface area contributed by atoms with Crippen molar-refractivity contribution in [1.29, 1.82) is 0 Å². The summed E-state index contributed by atoms with van der Waals surface area (Å²) >= 11 is 0. The minimum atomic E-state index is -0.426. The van der Waals surface area contributed by atoms with Gasteiger partial charge in [0.1, 0.15) is 0 Å². The van der Waals surface area contributed by atoms with Gasteiger partial charge >= 0.3 is 6.03 Å². The first-order chi connectivity index (χ1) is 9.16. The predicted octanol–water partition coefficient (Wildman–Crippen LogP) is 1.53. The fourth-order valence-corrected chi connectivity index (χ4v) is 1.83. The van der Waals surface area contributed by atoms with Gasteiger partial charge in [0.2, 0.25) is 0 Å². The first kappa shape index (κ1) is 13.8. The van der Waals surface area contributed by atoms with Crippen LogP contribution in [0.1, 0.15) is 18.4 Å². The SMILES string of the molecule is CN(CC(O)C1CC1)C(=O)NOCc1ccccc1. The highest BCUT2D eigenvalue weighted by molar-refractivity contribution is 5.72. The highest BCUT2D eigenvalue weighted by atomic mass is 16.7. The second kappa shape index (κ2) is 6.54. The summed E-state index contributed by atoms with van der Waals surface area (Å²) in [6, 6.07) is 9.27. The molecule has 19 heavy (non-hydrogen) atoms. The quantitative estimate of drug-likeness (QED) is 0.766. The molecule has 2 rings (SSSR count). The number of aliphatic hydroxyl groups is 1. The van der Waals surface area contributed by atoms with E-state index in [4.69, 9.17) is 4.84 Å². The number of urea groups is 1. The maximum Gasteiger partial charge on any atom is 0.341 e. The summed E-state index contributed by atoms with van der Waals surface area (Å²) in [7, 11) is 1.65. The molecule has 5 heteroatoms. The lowest BCUT2D eigenvalue weighted by molar-refractivity contribution is 0.0324. The number of hydrogen-bond donors (Lipinski definition) is 2. The Morgan fingerprint density at radius 1 is 1.47 bits per heavy atom. The predicted molar refractivity (Wildman–Crippen MR) is 71.1 cm³/mol. The van der Waals surface area contributed by atoms with E-state index in [1.807, 2.05) is 30.3 Å². The van der Waals surface area contributed by atoms with E-state index in [-0.39, 0.29) is 6.03 Å². The van der Waals surface area contributed by atoms with Gasteiger partial charge in [-0.15, -0.1) is 0 Å². The third-order valence-corrected chi connectivity index (χ3v) is 3.21. The molecule has 1 aromatic rings. The van der Waals surface area contributed by atoms with Crippen molar-refractivity contribution in [2.45, 2.75) is 25.6 Å². The lowest BCUT2D eigenvalue weighted by Crippen LogP contribution is -2.41. The van der Waals surface area contributed by atoms with E-state index in [1.165, 1.54) is 4.90 Å². The van der Waals surface area contributed by atoms with Crippen molar-refractivity contribution in [2.24, 2.45) is 5.92 Å². The number of benzene rings is 1. The van der Waals surface area contributed by atoms with Crippen LogP contribution < -0.4 is 5.48 Å². The molecule has 5 nitrogen and oxygen atoms in total. The highest BCUT2D eigenvalue weighted by Gasteiger charge is 2.31. The van der Waals surface area contributed by atoms with E-state index >= 15 is 0 Å². The van der Waals surface area contributed by atoms with E-state index in [9.17, 15) is 9.90 Å². The number of nitrogens with one attached hydrogen (secondary N) is 1. The van der Waals surface area contributed by atoms with Crippen molar-refractivity contribution in [3.63, 3.8) is 0 Å². The fraction of sp³-hybridized carbons (Fsp3) is 0.500. The molecule has 0 spiro atoms. The molecule has 0 aliphatic heterocycles. The van der Waals surface area contributed by atoms with E-state index in [2.05, 4.69) is 5.48 Å². The third kappa shape index (κ3) is 4.54. The van der Waals surface area contributed by atoms with Crippen molar-refractivity contribution in [2.75, 3.05) is 13.6 Å². The maximum atomic E-state index is 11.7. The van der Waals surface area contributed by atoms with Crippen LogP contribution in [-0.4, -0.2) is 35.7 Å². The largest absolute Gasteiger partial charge is 0.391 e. The van der Waals surface area contributed by atoms with Gasteiger partial charge in [-0.05, 0) is 24.3 Å². The molecule has 0 saturated heterocycles.